The highest BCUT2D eigenvalue weighted by atomic mass is 15.3. The lowest BCUT2D eigenvalue weighted by molar-refractivity contribution is 0.810. The molecular formula is C15H15N3. The van der Waals surface area contributed by atoms with Gasteiger partial charge in [-0.1, -0.05) is 19.4 Å². The van der Waals surface area contributed by atoms with Crippen molar-refractivity contribution in [2.75, 3.05) is 0 Å². The van der Waals surface area contributed by atoms with E-state index < -0.39 is 0 Å². The topological polar surface area (TPSA) is 30.7 Å². The summed E-state index contributed by atoms with van der Waals surface area (Å²) < 4.78 is 1.94. The van der Waals surface area contributed by atoms with Crippen LogP contribution < -0.4 is 0 Å². The molecule has 0 aliphatic heterocycles. The number of fused-ring (bicyclic) bond motifs is 1. The Morgan fingerprint density at radius 1 is 1.11 bits per heavy atom. The van der Waals surface area contributed by atoms with Crippen LogP contribution in [-0.4, -0.2) is 14.8 Å². The van der Waals surface area contributed by atoms with Crippen LogP contribution in [0.3, 0.4) is 0 Å². The molecule has 0 spiro atoms. The maximum absolute atomic E-state index is 4.61. The monoisotopic (exact) mass is 237 g/mol. The first kappa shape index (κ1) is 11.0. The lowest BCUT2D eigenvalue weighted by Crippen LogP contribution is -1.97. The highest BCUT2D eigenvalue weighted by Gasteiger charge is 2.05. The molecule has 90 valence electrons. The lowest BCUT2D eigenvalue weighted by atomic mass is 10.2. The summed E-state index contributed by atoms with van der Waals surface area (Å²) in [5, 5.41) is 5.74. The summed E-state index contributed by atoms with van der Waals surface area (Å²) in [6.45, 7) is 2.17. The van der Waals surface area contributed by atoms with Crippen molar-refractivity contribution in [3.8, 4) is 5.69 Å². The second-order valence-corrected chi connectivity index (χ2v) is 4.35. The van der Waals surface area contributed by atoms with E-state index in [0.717, 1.165) is 35.1 Å². The number of benzene rings is 1. The van der Waals surface area contributed by atoms with Gasteiger partial charge in [-0.25, -0.2) is 4.68 Å². The van der Waals surface area contributed by atoms with Crippen LogP contribution in [0.25, 0.3) is 16.6 Å². The second-order valence-electron chi connectivity index (χ2n) is 4.35. The van der Waals surface area contributed by atoms with Gasteiger partial charge in [0, 0.05) is 17.8 Å². The third-order valence-corrected chi connectivity index (χ3v) is 3.02. The van der Waals surface area contributed by atoms with E-state index >= 15 is 0 Å². The van der Waals surface area contributed by atoms with Crippen LogP contribution in [0.5, 0.6) is 0 Å². The average molecular weight is 237 g/mol. The summed E-state index contributed by atoms with van der Waals surface area (Å²) in [6.07, 6.45) is 5.98. The van der Waals surface area contributed by atoms with Gasteiger partial charge in [-0.2, -0.15) is 5.10 Å². The zero-order valence-electron chi connectivity index (χ0n) is 10.4. The molecular weight excluding hydrogens is 222 g/mol. The molecule has 3 rings (SSSR count). The van der Waals surface area contributed by atoms with Gasteiger partial charge in [0.25, 0.3) is 0 Å². The number of hydrogen-bond acceptors (Lipinski definition) is 2. The van der Waals surface area contributed by atoms with Gasteiger partial charge in [0.2, 0.25) is 0 Å². The molecule has 3 nitrogen and oxygen atoms in total. The summed E-state index contributed by atoms with van der Waals surface area (Å²) in [6, 6.07) is 12.2. The van der Waals surface area contributed by atoms with Crippen molar-refractivity contribution in [1.82, 2.24) is 14.8 Å². The van der Waals surface area contributed by atoms with Gasteiger partial charge in [-0.05, 0) is 36.8 Å². The Bertz CT molecular complexity index is 665. The van der Waals surface area contributed by atoms with Crippen molar-refractivity contribution in [2.45, 2.75) is 19.8 Å². The third kappa shape index (κ3) is 1.88. The Kier molecular flexibility index (Phi) is 2.81. The van der Waals surface area contributed by atoms with Gasteiger partial charge < -0.3 is 0 Å². The molecule has 0 unspecified atom stereocenters. The Balaban J connectivity index is 2.12. The van der Waals surface area contributed by atoms with Crippen molar-refractivity contribution >= 4 is 10.9 Å². The van der Waals surface area contributed by atoms with Gasteiger partial charge >= 0.3 is 0 Å². The van der Waals surface area contributed by atoms with E-state index in [2.05, 4.69) is 35.2 Å². The van der Waals surface area contributed by atoms with E-state index in [1.807, 2.05) is 35.3 Å². The zero-order chi connectivity index (χ0) is 12.4. The van der Waals surface area contributed by atoms with Crippen LogP contribution in [0.15, 0.2) is 48.8 Å². The maximum atomic E-state index is 4.61. The number of hydrogen-bond donors (Lipinski definition) is 0. The Morgan fingerprint density at radius 2 is 2.06 bits per heavy atom. The first-order valence-corrected chi connectivity index (χ1v) is 6.27. The van der Waals surface area contributed by atoms with Gasteiger partial charge in [0.15, 0.2) is 0 Å². The summed E-state index contributed by atoms with van der Waals surface area (Å²) in [5.74, 6) is 0. The SMILES string of the molecule is CCCc1ccn(-c2cccc3ncccc23)n1. The fourth-order valence-corrected chi connectivity index (χ4v) is 2.17. The van der Waals surface area contributed by atoms with Crippen molar-refractivity contribution in [3.63, 3.8) is 0 Å². The third-order valence-electron chi connectivity index (χ3n) is 3.02. The number of aryl methyl sites for hydroxylation is 1. The Morgan fingerprint density at radius 3 is 2.94 bits per heavy atom. The largest absolute Gasteiger partial charge is 0.256 e. The van der Waals surface area contributed by atoms with E-state index in [-0.39, 0.29) is 0 Å². The Labute approximate surface area is 106 Å². The predicted molar refractivity (Wildman–Crippen MR) is 72.9 cm³/mol. The zero-order valence-corrected chi connectivity index (χ0v) is 10.4. The minimum Gasteiger partial charge on any atom is -0.256 e. The van der Waals surface area contributed by atoms with Crippen LogP contribution in [-0.2, 0) is 6.42 Å². The number of nitrogens with zero attached hydrogens (tertiary/aromatic N) is 3. The highest BCUT2D eigenvalue weighted by molar-refractivity contribution is 5.86. The fraction of sp³-hybridized carbons (Fsp3) is 0.200. The van der Waals surface area contributed by atoms with Gasteiger partial charge in [-0.15, -0.1) is 0 Å². The molecule has 0 aliphatic rings. The van der Waals surface area contributed by atoms with Crippen molar-refractivity contribution in [1.29, 1.82) is 0 Å². The molecule has 0 fully saturated rings. The van der Waals surface area contributed by atoms with Gasteiger partial charge in [0.1, 0.15) is 0 Å². The molecule has 2 heterocycles. The summed E-state index contributed by atoms with van der Waals surface area (Å²) in [4.78, 5) is 4.37. The number of pyridine rings is 1. The summed E-state index contributed by atoms with van der Waals surface area (Å²) in [5.41, 5.74) is 3.23. The maximum Gasteiger partial charge on any atom is 0.0739 e. The Hall–Kier alpha value is -2.16. The second kappa shape index (κ2) is 4.61. The smallest absolute Gasteiger partial charge is 0.0739 e. The first-order valence-electron chi connectivity index (χ1n) is 6.27. The standard InChI is InChI=1S/C15H15N3/c1-2-5-12-9-11-18(17-12)15-8-3-7-14-13(15)6-4-10-16-14/h3-4,6-11H,2,5H2,1H3. The molecule has 2 aromatic heterocycles. The quantitative estimate of drug-likeness (QED) is 0.699. The number of aromatic nitrogens is 3. The van der Waals surface area contributed by atoms with E-state index in [4.69, 9.17) is 0 Å². The van der Waals surface area contributed by atoms with Crippen LogP contribution >= 0.6 is 0 Å². The van der Waals surface area contributed by atoms with Gasteiger partial charge in [0.05, 0.1) is 16.9 Å². The van der Waals surface area contributed by atoms with Crippen molar-refractivity contribution in [2.24, 2.45) is 0 Å². The van der Waals surface area contributed by atoms with Crippen molar-refractivity contribution in [3.05, 3.63) is 54.5 Å². The molecule has 1 aromatic carbocycles. The molecule has 18 heavy (non-hydrogen) atoms. The normalized spacial score (nSPS) is 10.9. The first-order chi connectivity index (χ1) is 8.88. The molecule has 0 atom stereocenters. The molecule has 0 aliphatic carbocycles. The number of rotatable bonds is 3. The molecule has 0 bridgehead atoms. The van der Waals surface area contributed by atoms with Crippen LogP contribution in [0.2, 0.25) is 0 Å². The molecule has 0 amide bonds. The molecule has 3 heteroatoms. The molecule has 0 radical (unpaired) electrons. The molecule has 0 saturated heterocycles. The average Bonchev–Trinajstić information content (AvgIpc) is 2.87. The van der Waals surface area contributed by atoms with Crippen LogP contribution in [0, 0.1) is 0 Å². The van der Waals surface area contributed by atoms with E-state index in [1.165, 1.54) is 0 Å². The van der Waals surface area contributed by atoms with Crippen molar-refractivity contribution < 1.29 is 0 Å². The molecule has 0 saturated carbocycles. The molecule has 3 aromatic rings. The van der Waals surface area contributed by atoms with Crippen LogP contribution in [0.4, 0.5) is 0 Å². The summed E-state index contributed by atoms with van der Waals surface area (Å²) in [7, 11) is 0. The minimum absolute atomic E-state index is 1.00. The van der Waals surface area contributed by atoms with Gasteiger partial charge in [-0.3, -0.25) is 4.98 Å². The van der Waals surface area contributed by atoms with Crippen LogP contribution in [0.1, 0.15) is 19.0 Å². The summed E-state index contributed by atoms with van der Waals surface area (Å²) >= 11 is 0. The van der Waals surface area contributed by atoms with E-state index in [1.54, 1.807) is 0 Å². The highest BCUT2D eigenvalue weighted by Crippen LogP contribution is 2.20. The predicted octanol–water partition coefficient (Wildman–Crippen LogP) is 3.37. The fourth-order valence-electron chi connectivity index (χ4n) is 2.17. The minimum atomic E-state index is 1.00. The lowest BCUT2D eigenvalue weighted by Gasteiger charge is -2.05. The van der Waals surface area contributed by atoms with E-state index in [9.17, 15) is 0 Å². The van der Waals surface area contributed by atoms with E-state index in [0.29, 0.717) is 0 Å². The molecule has 0 N–H and O–H groups in total.